The van der Waals surface area contributed by atoms with Crippen molar-refractivity contribution >= 4 is 26.8 Å². The Morgan fingerprint density at radius 3 is 2.89 bits per heavy atom. The van der Waals surface area contributed by atoms with E-state index in [0.29, 0.717) is 29.9 Å². The van der Waals surface area contributed by atoms with Crippen LogP contribution in [0.5, 0.6) is 0 Å². The molecule has 27 heavy (non-hydrogen) atoms. The summed E-state index contributed by atoms with van der Waals surface area (Å²) in [7, 11) is -3.66. The molecule has 144 valence electrons. The first-order valence-corrected chi connectivity index (χ1v) is 10.3. The van der Waals surface area contributed by atoms with Gasteiger partial charge in [0.15, 0.2) is 0 Å². The zero-order valence-electron chi connectivity index (χ0n) is 15.2. The highest BCUT2D eigenvalue weighted by atomic mass is 32.2. The minimum absolute atomic E-state index is 0.119. The summed E-state index contributed by atoms with van der Waals surface area (Å²) in [5.41, 5.74) is 0.128. The van der Waals surface area contributed by atoms with Crippen LogP contribution in [0.1, 0.15) is 30.1 Å². The number of piperidine rings is 1. The molecule has 0 spiro atoms. The number of nitrogens with zero attached hydrogens (tertiary/aromatic N) is 1. The van der Waals surface area contributed by atoms with Gasteiger partial charge < -0.3 is 10.3 Å². The predicted octanol–water partition coefficient (Wildman–Crippen LogP) is 1.86. The van der Waals surface area contributed by atoms with Crippen molar-refractivity contribution in [1.29, 1.82) is 0 Å². The van der Waals surface area contributed by atoms with Crippen LogP contribution in [0.15, 0.2) is 46.6 Å². The van der Waals surface area contributed by atoms with Crippen molar-refractivity contribution in [3.8, 4) is 0 Å². The van der Waals surface area contributed by atoms with Gasteiger partial charge in [0.05, 0.1) is 10.5 Å². The lowest BCUT2D eigenvalue weighted by atomic mass is 10.0. The van der Waals surface area contributed by atoms with Gasteiger partial charge in [-0.25, -0.2) is 8.42 Å². The van der Waals surface area contributed by atoms with Crippen LogP contribution in [0.2, 0.25) is 0 Å². The van der Waals surface area contributed by atoms with Crippen LogP contribution in [0.3, 0.4) is 0 Å². The van der Waals surface area contributed by atoms with Crippen molar-refractivity contribution in [3.05, 3.63) is 52.8 Å². The Balaban J connectivity index is 2.08. The van der Waals surface area contributed by atoms with Crippen LogP contribution < -0.4 is 10.9 Å². The average Bonchev–Trinajstić information content (AvgIpc) is 2.65. The molecule has 0 aliphatic carbocycles. The molecule has 0 bridgehead atoms. The highest BCUT2D eigenvalue weighted by Crippen LogP contribution is 2.26. The minimum Gasteiger partial charge on any atom is -0.349 e. The number of nitrogens with one attached hydrogen (secondary N) is 2. The number of fused-ring (bicyclic) bond motifs is 1. The second-order valence-corrected chi connectivity index (χ2v) is 8.80. The smallest absolute Gasteiger partial charge is 0.252 e. The highest BCUT2D eigenvalue weighted by molar-refractivity contribution is 7.89. The van der Waals surface area contributed by atoms with E-state index in [2.05, 4.69) is 16.9 Å². The van der Waals surface area contributed by atoms with Gasteiger partial charge in [0.2, 0.25) is 15.6 Å². The van der Waals surface area contributed by atoms with E-state index >= 15 is 0 Å². The molecule has 2 N–H and O–H groups in total. The fraction of sp³-hybridized carbons (Fsp3) is 0.368. The van der Waals surface area contributed by atoms with Crippen molar-refractivity contribution in [2.75, 3.05) is 19.6 Å². The van der Waals surface area contributed by atoms with Gasteiger partial charge in [-0.05, 0) is 37.0 Å². The standard InChI is InChI=1S/C19H23N3O4S/c1-3-8-20-19(24)16-11-18(23)21-17-7-6-14(10-15(16)17)27(25,26)22-9-4-5-13(2)12-22/h3,6-7,10-11,13H,1,4-5,8-9,12H2,2H3,(H,20,24)(H,21,23)/t13-/m1/s1. The number of amides is 1. The first kappa shape index (κ1) is 19.3. The number of benzene rings is 1. The number of carbonyl (C=O) groups is 1. The second-order valence-electron chi connectivity index (χ2n) is 6.86. The van der Waals surface area contributed by atoms with E-state index in [-0.39, 0.29) is 17.0 Å². The third-order valence-electron chi connectivity index (χ3n) is 4.72. The molecule has 0 radical (unpaired) electrons. The van der Waals surface area contributed by atoms with Crippen LogP contribution >= 0.6 is 0 Å². The van der Waals surface area contributed by atoms with Gasteiger partial charge in [-0.3, -0.25) is 9.59 Å². The topological polar surface area (TPSA) is 99.3 Å². The molecule has 3 rings (SSSR count). The Labute approximate surface area is 158 Å². The van der Waals surface area contributed by atoms with E-state index in [1.54, 1.807) is 0 Å². The number of carbonyl (C=O) groups excluding carboxylic acids is 1. The Hall–Kier alpha value is -2.45. The van der Waals surface area contributed by atoms with Gasteiger partial charge >= 0.3 is 0 Å². The number of H-pyrrole nitrogens is 1. The van der Waals surface area contributed by atoms with Crippen LogP contribution in [-0.2, 0) is 10.0 Å². The molecule has 2 heterocycles. The molecule has 1 atom stereocenters. The molecule has 7 nitrogen and oxygen atoms in total. The van der Waals surface area contributed by atoms with Gasteiger partial charge in [0.1, 0.15) is 0 Å². The summed E-state index contributed by atoms with van der Waals surface area (Å²) in [6, 6.07) is 5.64. The molecule has 1 aliphatic heterocycles. The zero-order chi connectivity index (χ0) is 19.6. The first-order chi connectivity index (χ1) is 12.8. The van der Waals surface area contributed by atoms with Crippen LogP contribution in [0, 0.1) is 5.92 Å². The number of pyridine rings is 1. The van der Waals surface area contributed by atoms with E-state index in [1.807, 2.05) is 6.92 Å². The monoisotopic (exact) mass is 389 g/mol. The molecule has 1 aliphatic rings. The van der Waals surface area contributed by atoms with Crippen LogP contribution in [0.4, 0.5) is 0 Å². The van der Waals surface area contributed by atoms with Gasteiger partial charge in [-0.2, -0.15) is 4.31 Å². The number of sulfonamides is 1. The normalized spacial score (nSPS) is 18.3. The number of aromatic nitrogens is 1. The number of hydrogen-bond donors (Lipinski definition) is 2. The first-order valence-electron chi connectivity index (χ1n) is 8.89. The quantitative estimate of drug-likeness (QED) is 0.763. The van der Waals surface area contributed by atoms with Gasteiger partial charge in [0.25, 0.3) is 5.91 Å². The van der Waals surface area contributed by atoms with Gasteiger partial charge in [-0.15, -0.1) is 6.58 Å². The summed E-state index contributed by atoms with van der Waals surface area (Å²) < 4.78 is 27.6. The van der Waals surface area contributed by atoms with Crippen LogP contribution in [-0.4, -0.2) is 43.2 Å². The molecular formula is C19H23N3O4S. The van der Waals surface area contributed by atoms with Crippen LogP contribution in [0.25, 0.3) is 10.9 Å². The van der Waals surface area contributed by atoms with E-state index < -0.39 is 21.5 Å². The molecule has 1 aromatic heterocycles. The molecule has 1 amide bonds. The third-order valence-corrected chi connectivity index (χ3v) is 6.58. The average molecular weight is 389 g/mol. The van der Waals surface area contributed by atoms with Gasteiger partial charge in [0, 0.05) is 36.6 Å². The maximum absolute atomic E-state index is 13.0. The third kappa shape index (κ3) is 3.96. The molecule has 0 unspecified atom stereocenters. The van der Waals surface area contributed by atoms with Crippen molar-refractivity contribution in [3.63, 3.8) is 0 Å². The van der Waals surface area contributed by atoms with E-state index in [4.69, 9.17) is 0 Å². The number of hydrogen-bond acceptors (Lipinski definition) is 4. The van der Waals surface area contributed by atoms with Crippen molar-refractivity contribution in [1.82, 2.24) is 14.6 Å². The largest absolute Gasteiger partial charge is 0.349 e. The van der Waals surface area contributed by atoms with E-state index in [0.717, 1.165) is 12.8 Å². The van der Waals surface area contributed by atoms with E-state index in [1.165, 1.54) is 34.6 Å². The minimum atomic E-state index is -3.66. The molecule has 8 heteroatoms. The lowest BCUT2D eigenvalue weighted by Gasteiger charge is -2.30. The summed E-state index contributed by atoms with van der Waals surface area (Å²) in [5, 5.41) is 3.02. The fourth-order valence-electron chi connectivity index (χ4n) is 3.35. The molecule has 1 aromatic carbocycles. The SMILES string of the molecule is C=CCNC(=O)c1cc(=O)[nH]c2ccc(S(=O)(=O)N3CCC[C@@H](C)C3)cc12. The lowest BCUT2D eigenvalue weighted by Crippen LogP contribution is -2.39. The summed E-state index contributed by atoms with van der Waals surface area (Å²) in [6.07, 6.45) is 3.37. The Morgan fingerprint density at radius 1 is 1.41 bits per heavy atom. The summed E-state index contributed by atoms with van der Waals surface area (Å²) in [5.74, 6) is -0.141. The Bertz CT molecular complexity index is 1040. The highest BCUT2D eigenvalue weighted by Gasteiger charge is 2.29. The lowest BCUT2D eigenvalue weighted by molar-refractivity contribution is 0.0959. The predicted molar refractivity (Wildman–Crippen MR) is 104 cm³/mol. The Morgan fingerprint density at radius 2 is 2.19 bits per heavy atom. The molecule has 0 saturated carbocycles. The summed E-state index contributed by atoms with van der Waals surface area (Å²) >= 11 is 0. The Kier molecular flexibility index (Phi) is 5.48. The van der Waals surface area contributed by atoms with Crippen molar-refractivity contribution < 1.29 is 13.2 Å². The second kappa shape index (κ2) is 7.66. The molecule has 2 aromatic rings. The molecule has 1 fully saturated rings. The fourth-order valence-corrected chi connectivity index (χ4v) is 4.98. The van der Waals surface area contributed by atoms with Crippen molar-refractivity contribution in [2.45, 2.75) is 24.7 Å². The number of aromatic amines is 1. The summed E-state index contributed by atoms with van der Waals surface area (Å²) in [6.45, 7) is 6.80. The molecular weight excluding hydrogens is 366 g/mol. The maximum Gasteiger partial charge on any atom is 0.252 e. The van der Waals surface area contributed by atoms with Gasteiger partial charge in [-0.1, -0.05) is 13.0 Å². The molecule has 1 saturated heterocycles. The van der Waals surface area contributed by atoms with E-state index in [9.17, 15) is 18.0 Å². The zero-order valence-corrected chi connectivity index (χ0v) is 16.0. The van der Waals surface area contributed by atoms with Crippen molar-refractivity contribution in [2.24, 2.45) is 5.92 Å². The summed E-state index contributed by atoms with van der Waals surface area (Å²) in [4.78, 5) is 27.0. The number of rotatable bonds is 5. The maximum atomic E-state index is 13.0.